The Kier molecular flexibility index (Phi) is 5.00. The molecule has 1 aliphatic rings. The number of fused-ring (bicyclic) bond motifs is 1. The van der Waals surface area contributed by atoms with Gasteiger partial charge in [-0.25, -0.2) is 9.50 Å². The SMILES string of the molecule is COCc1cc(-c2cccc(OC)c2)n2ncc(C(=O)NC(C)(C)C3CC3)c2n1. The summed E-state index contributed by atoms with van der Waals surface area (Å²) in [7, 11) is 3.26. The van der Waals surface area contributed by atoms with Crippen LogP contribution in [-0.4, -0.2) is 40.3 Å². The molecule has 152 valence electrons. The van der Waals surface area contributed by atoms with Gasteiger partial charge in [0, 0.05) is 18.2 Å². The summed E-state index contributed by atoms with van der Waals surface area (Å²) in [4.78, 5) is 17.7. The van der Waals surface area contributed by atoms with Gasteiger partial charge >= 0.3 is 0 Å². The number of carbonyl (C=O) groups excluding carboxylic acids is 1. The summed E-state index contributed by atoms with van der Waals surface area (Å²) in [6.07, 6.45) is 3.89. The van der Waals surface area contributed by atoms with Crippen molar-refractivity contribution in [2.75, 3.05) is 14.2 Å². The van der Waals surface area contributed by atoms with Gasteiger partial charge in [0.25, 0.3) is 5.91 Å². The van der Waals surface area contributed by atoms with Gasteiger partial charge in [-0.3, -0.25) is 4.79 Å². The van der Waals surface area contributed by atoms with Crippen LogP contribution in [-0.2, 0) is 11.3 Å². The summed E-state index contributed by atoms with van der Waals surface area (Å²) >= 11 is 0. The van der Waals surface area contributed by atoms with Crippen molar-refractivity contribution in [3.63, 3.8) is 0 Å². The highest BCUT2D eigenvalue weighted by Gasteiger charge is 2.39. The molecule has 0 radical (unpaired) electrons. The van der Waals surface area contributed by atoms with Gasteiger partial charge in [-0.05, 0) is 50.8 Å². The highest BCUT2D eigenvalue weighted by atomic mass is 16.5. The lowest BCUT2D eigenvalue weighted by Crippen LogP contribution is -2.45. The number of ether oxygens (including phenoxy) is 2. The Balaban J connectivity index is 1.80. The number of benzene rings is 1. The molecule has 1 saturated carbocycles. The lowest BCUT2D eigenvalue weighted by Gasteiger charge is -2.25. The molecule has 7 nitrogen and oxygen atoms in total. The van der Waals surface area contributed by atoms with Crippen molar-refractivity contribution in [1.82, 2.24) is 19.9 Å². The molecule has 1 N–H and O–H groups in total. The lowest BCUT2D eigenvalue weighted by molar-refractivity contribution is 0.0905. The topological polar surface area (TPSA) is 77.8 Å². The van der Waals surface area contributed by atoms with Gasteiger partial charge in [0.2, 0.25) is 0 Å². The average Bonchev–Trinajstić information content (AvgIpc) is 3.48. The molecule has 0 spiro atoms. The Morgan fingerprint density at radius 2 is 2.07 bits per heavy atom. The molecule has 7 heteroatoms. The van der Waals surface area contributed by atoms with E-state index in [0.29, 0.717) is 23.7 Å². The smallest absolute Gasteiger partial charge is 0.257 e. The highest BCUT2D eigenvalue weighted by molar-refractivity contribution is 6.00. The molecule has 0 saturated heterocycles. The molecule has 1 aromatic carbocycles. The van der Waals surface area contributed by atoms with Crippen molar-refractivity contribution >= 4 is 11.6 Å². The third-order valence-electron chi connectivity index (χ3n) is 5.46. The molecular weight excluding hydrogens is 368 g/mol. The Morgan fingerprint density at radius 1 is 1.28 bits per heavy atom. The second-order valence-electron chi connectivity index (χ2n) is 8.04. The van der Waals surface area contributed by atoms with Crippen LogP contribution in [0.1, 0.15) is 42.7 Å². The number of carbonyl (C=O) groups is 1. The third-order valence-corrected chi connectivity index (χ3v) is 5.46. The summed E-state index contributed by atoms with van der Waals surface area (Å²) in [6, 6.07) is 9.65. The monoisotopic (exact) mass is 394 g/mol. The van der Waals surface area contributed by atoms with E-state index in [0.717, 1.165) is 35.5 Å². The van der Waals surface area contributed by atoms with Crippen LogP contribution < -0.4 is 10.1 Å². The average molecular weight is 394 g/mol. The quantitative estimate of drug-likeness (QED) is 0.664. The van der Waals surface area contributed by atoms with E-state index in [2.05, 4.69) is 29.2 Å². The second-order valence-corrected chi connectivity index (χ2v) is 8.04. The van der Waals surface area contributed by atoms with Crippen LogP contribution in [0.5, 0.6) is 5.75 Å². The molecule has 1 aliphatic carbocycles. The largest absolute Gasteiger partial charge is 0.497 e. The predicted octanol–water partition coefficient (Wildman–Crippen LogP) is 3.47. The fourth-order valence-corrected chi connectivity index (χ4v) is 3.65. The number of hydrogen-bond acceptors (Lipinski definition) is 5. The maximum atomic E-state index is 13.0. The fourth-order valence-electron chi connectivity index (χ4n) is 3.65. The van der Waals surface area contributed by atoms with Crippen LogP contribution in [0.15, 0.2) is 36.5 Å². The Bertz CT molecular complexity index is 1050. The molecule has 0 bridgehead atoms. The first kappa shape index (κ1) is 19.4. The summed E-state index contributed by atoms with van der Waals surface area (Å²) in [5.41, 5.74) is 3.20. The molecule has 0 atom stereocenters. The number of methoxy groups -OCH3 is 2. The van der Waals surface area contributed by atoms with E-state index in [9.17, 15) is 4.79 Å². The normalized spacial score (nSPS) is 14.2. The maximum absolute atomic E-state index is 13.0. The third kappa shape index (κ3) is 3.82. The van der Waals surface area contributed by atoms with E-state index in [1.807, 2.05) is 30.3 Å². The van der Waals surface area contributed by atoms with E-state index < -0.39 is 0 Å². The van der Waals surface area contributed by atoms with Gasteiger partial charge in [0.05, 0.1) is 31.3 Å². The van der Waals surface area contributed by atoms with Gasteiger partial charge in [-0.2, -0.15) is 5.10 Å². The molecule has 4 rings (SSSR count). The van der Waals surface area contributed by atoms with E-state index in [-0.39, 0.29) is 11.4 Å². The Morgan fingerprint density at radius 3 is 2.76 bits per heavy atom. The first-order valence-corrected chi connectivity index (χ1v) is 9.76. The first-order valence-electron chi connectivity index (χ1n) is 9.76. The molecule has 2 heterocycles. The van der Waals surface area contributed by atoms with Crippen LogP contribution in [0, 0.1) is 5.92 Å². The number of aromatic nitrogens is 3. The molecule has 0 aliphatic heterocycles. The summed E-state index contributed by atoms with van der Waals surface area (Å²) in [5, 5.41) is 7.63. The fraction of sp³-hybridized carbons (Fsp3) is 0.409. The van der Waals surface area contributed by atoms with Crippen LogP contribution in [0.4, 0.5) is 0 Å². The van der Waals surface area contributed by atoms with E-state index in [4.69, 9.17) is 9.47 Å². The number of amides is 1. The van der Waals surface area contributed by atoms with Crippen LogP contribution in [0.3, 0.4) is 0 Å². The second kappa shape index (κ2) is 7.48. The minimum atomic E-state index is -0.245. The molecule has 1 fully saturated rings. The maximum Gasteiger partial charge on any atom is 0.257 e. The molecule has 3 aromatic rings. The molecule has 2 aromatic heterocycles. The molecule has 0 unspecified atom stereocenters. The van der Waals surface area contributed by atoms with Gasteiger partial charge in [-0.15, -0.1) is 0 Å². The summed E-state index contributed by atoms with van der Waals surface area (Å²) in [5.74, 6) is 1.12. The van der Waals surface area contributed by atoms with Crippen molar-refractivity contribution < 1.29 is 14.3 Å². The Labute approximate surface area is 170 Å². The Hall–Kier alpha value is -2.93. The van der Waals surface area contributed by atoms with Crippen LogP contribution in [0.25, 0.3) is 16.9 Å². The predicted molar refractivity (Wildman–Crippen MR) is 110 cm³/mol. The number of nitrogens with one attached hydrogen (secondary N) is 1. The number of nitrogens with zero attached hydrogens (tertiary/aromatic N) is 3. The van der Waals surface area contributed by atoms with Crippen molar-refractivity contribution in [2.24, 2.45) is 5.92 Å². The van der Waals surface area contributed by atoms with Gasteiger partial charge in [0.1, 0.15) is 11.3 Å². The summed E-state index contributed by atoms with van der Waals surface area (Å²) < 4.78 is 12.4. The van der Waals surface area contributed by atoms with Crippen molar-refractivity contribution in [3.05, 3.63) is 47.8 Å². The molecule has 29 heavy (non-hydrogen) atoms. The number of rotatable bonds is 7. The minimum absolute atomic E-state index is 0.157. The van der Waals surface area contributed by atoms with Gasteiger partial charge < -0.3 is 14.8 Å². The first-order chi connectivity index (χ1) is 13.9. The highest BCUT2D eigenvalue weighted by Crippen LogP contribution is 2.39. The van der Waals surface area contributed by atoms with Crippen molar-refractivity contribution in [3.8, 4) is 17.0 Å². The minimum Gasteiger partial charge on any atom is -0.497 e. The van der Waals surface area contributed by atoms with Crippen molar-refractivity contribution in [1.29, 1.82) is 0 Å². The van der Waals surface area contributed by atoms with E-state index in [1.165, 1.54) is 0 Å². The van der Waals surface area contributed by atoms with E-state index >= 15 is 0 Å². The zero-order valence-electron chi connectivity index (χ0n) is 17.2. The van der Waals surface area contributed by atoms with Crippen LogP contribution >= 0.6 is 0 Å². The molecule has 1 amide bonds. The molecular formula is C22H26N4O3. The van der Waals surface area contributed by atoms with E-state index in [1.54, 1.807) is 24.9 Å². The number of hydrogen-bond donors (Lipinski definition) is 1. The zero-order valence-corrected chi connectivity index (χ0v) is 17.2. The zero-order chi connectivity index (χ0) is 20.6. The van der Waals surface area contributed by atoms with Crippen molar-refractivity contribution in [2.45, 2.75) is 38.8 Å². The van der Waals surface area contributed by atoms with Gasteiger partial charge in [-0.1, -0.05) is 12.1 Å². The summed E-state index contributed by atoms with van der Waals surface area (Å²) in [6.45, 7) is 4.48. The van der Waals surface area contributed by atoms with Crippen LogP contribution in [0.2, 0.25) is 0 Å². The standard InChI is InChI=1S/C22H26N4O3/c1-22(2,15-8-9-15)25-21(27)18-12-23-26-19(11-16(13-28-3)24-20(18)26)14-6-5-7-17(10-14)29-4/h5-7,10-12,15H,8-9,13H2,1-4H3,(H,25,27). The lowest BCUT2D eigenvalue weighted by atomic mass is 9.98. The van der Waals surface area contributed by atoms with Gasteiger partial charge in [0.15, 0.2) is 5.65 Å².